The summed E-state index contributed by atoms with van der Waals surface area (Å²) in [5.41, 5.74) is 1.53. The van der Waals surface area contributed by atoms with E-state index in [0.29, 0.717) is 37.1 Å². The van der Waals surface area contributed by atoms with Crippen LogP contribution >= 0.6 is 0 Å². The summed E-state index contributed by atoms with van der Waals surface area (Å²) in [5.74, 6) is -2.58. The van der Waals surface area contributed by atoms with Crippen molar-refractivity contribution in [1.82, 2.24) is 15.5 Å². The number of rotatable bonds is 17. The van der Waals surface area contributed by atoms with Crippen LogP contribution < -0.4 is 10.6 Å². The molecule has 2 aromatic rings. The van der Waals surface area contributed by atoms with Crippen molar-refractivity contribution in [3.05, 3.63) is 70.3 Å². The minimum Gasteiger partial charge on any atom is -0.391 e. The highest BCUT2D eigenvalue weighted by Gasteiger charge is 2.24. The molecule has 0 spiro atoms. The van der Waals surface area contributed by atoms with Gasteiger partial charge in [0.2, 0.25) is 5.91 Å². The Balaban J connectivity index is 2.21. The minimum atomic E-state index is -1.17. The summed E-state index contributed by atoms with van der Waals surface area (Å²) in [6.45, 7) is 8.48. The molecule has 0 aliphatic rings. The molecular formula is C32H43F2N3O5. The molecule has 0 saturated heterocycles. The maximum atomic E-state index is 13.9. The lowest BCUT2D eigenvalue weighted by atomic mass is 9.97. The Morgan fingerprint density at radius 2 is 1.52 bits per heavy atom. The van der Waals surface area contributed by atoms with Crippen molar-refractivity contribution in [3.8, 4) is 0 Å². The smallest absolute Gasteiger partial charge is 0.253 e. The van der Waals surface area contributed by atoms with Gasteiger partial charge < -0.3 is 25.4 Å². The largest absolute Gasteiger partial charge is 0.391 e. The number of aliphatic hydroxyl groups is 1. The molecule has 0 aliphatic heterocycles. The highest BCUT2D eigenvalue weighted by atomic mass is 19.1. The van der Waals surface area contributed by atoms with Crippen LogP contribution in [0.3, 0.4) is 0 Å². The fraction of sp³-hybridized carbons (Fsp3) is 0.500. The summed E-state index contributed by atoms with van der Waals surface area (Å²) in [6, 6.07) is 6.90. The SMILES string of the molecule is CCCN(CCC)C(=O)c1cc(C)cc(C(=O)N[C@@H](Cc2cc(F)cc(F)c2)[C@H](O)CCNC(=O)CCCC(C)=O)c1. The Morgan fingerprint density at radius 1 is 0.905 bits per heavy atom. The first kappa shape index (κ1) is 34.5. The topological polar surface area (TPSA) is 116 Å². The fourth-order valence-electron chi connectivity index (χ4n) is 4.74. The molecule has 0 saturated carbocycles. The van der Waals surface area contributed by atoms with Crippen LogP contribution in [0.4, 0.5) is 8.78 Å². The van der Waals surface area contributed by atoms with Crippen molar-refractivity contribution in [1.29, 1.82) is 0 Å². The minimum absolute atomic E-state index is 0.00469. The first-order valence-electron chi connectivity index (χ1n) is 14.5. The van der Waals surface area contributed by atoms with Crippen LogP contribution in [0.15, 0.2) is 36.4 Å². The highest BCUT2D eigenvalue weighted by molar-refractivity contribution is 6.00. The number of carbonyl (C=O) groups excluding carboxylic acids is 4. The number of Topliss-reactive ketones (excluding diaryl/α,β-unsaturated/α-hetero) is 1. The van der Waals surface area contributed by atoms with E-state index in [1.165, 1.54) is 13.0 Å². The van der Waals surface area contributed by atoms with E-state index in [0.717, 1.165) is 31.0 Å². The maximum Gasteiger partial charge on any atom is 0.253 e. The predicted molar refractivity (Wildman–Crippen MR) is 157 cm³/mol. The molecule has 10 heteroatoms. The van der Waals surface area contributed by atoms with Crippen LogP contribution in [0.5, 0.6) is 0 Å². The van der Waals surface area contributed by atoms with E-state index in [1.807, 2.05) is 13.8 Å². The number of nitrogens with zero attached hydrogens (tertiary/aromatic N) is 1. The monoisotopic (exact) mass is 587 g/mol. The fourth-order valence-corrected chi connectivity index (χ4v) is 4.74. The lowest BCUT2D eigenvalue weighted by Crippen LogP contribution is -2.46. The average Bonchev–Trinajstić information content (AvgIpc) is 2.91. The van der Waals surface area contributed by atoms with Crippen molar-refractivity contribution in [2.75, 3.05) is 19.6 Å². The van der Waals surface area contributed by atoms with Crippen molar-refractivity contribution in [3.63, 3.8) is 0 Å². The van der Waals surface area contributed by atoms with Gasteiger partial charge in [0.1, 0.15) is 17.4 Å². The standard InChI is InChI=1S/C32H43F2N3O5/c1-5-12-37(13-6-2)32(42)25-15-21(3)14-24(19-25)31(41)36-28(18-23-16-26(33)20-27(34)17-23)29(39)10-11-35-30(40)9-7-8-22(4)38/h14-17,19-20,28-29,39H,5-13,18H2,1-4H3,(H,35,40)(H,36,41)/t28-,29+/m0/s1. The van der Waals surface area contributed by atoms with Crippen molar-refractivity contribution in [2.24, 2.45) is 0 Å². The number of aliphatic hydroxyl groups excluding tert-OH is 1. The Hall–Kier alpha value is -3.66. The summed E-state index contributed by atoms with van der Waals surface area (Å²) in [5, 5.41) is 16.4. The molecule has 0 aromatic heterocycles. The number of halogens is 2. The maximum absolute atomic E-state index is 13.9. The van der Waals surface area contributed by atoms with Gasteiger partial charge in [-0.2, -0.15) is 0 Å². The summed E-state index contributed by atoms with van der Waals surface area (Å²) in [7, 11) is 0. The van der Waals surface area contributed by atoms with Gasteiger partial charge in [-0.3, -0.25) is 14.4 Å². The molecule has 0 bridgehead atoms. The molecule has 230 valence electrons. The number of hydrogen-bond acceptors (Lipinski definition) is 5. The molecule has 0 radical (unpaired) electrons. The zero-order chi connectivity index (χ0) is 31.2. The van der Waals surface area contributed by atoms with Gasteiger partial charge in [-0.05, 0) is 87.4 Å². The van der Waals surface area contributed by atoms with E-state index >= 15 is 0 Å². The quantitative estimate of drug-likeness (QED) is 0.252. The normalized spacial score (nSPS) is 12.4. The van der Waals surface area contributed by atoms with Gasteiger partial charge in [0.05, 0.1) is 12.1 Å². The summed E-state index contributed by atoms with van der Waals surface area (Å²) >= 11 is 0. The molecule has 2 atom stereocenters. The predicted octanol–water partition coefficient (Wildman–Crippen LogP) is 4.50. The second kappa shape index (κ2) is 17.3. The molecular weight excluding hydrogens is 544 g/mol. The van der Waals surface area contributed by atoms with Gasteiger partial charge in [-0.25, -0.2) is 8.78 Å². The number of hydrogen-bond donors (Lipinski definition) is 3. The van der Waals surface area contributed by atoms with Crippen LogP contribution in [-0.4, -0.2) is 65.3 Å². The van der Waals surface area contributed by atoms with E-state index < -0.39 is 29.7 Å². The second-order valence-electron chi connectivity index (χ2n) is 10.7. The molecule has 2 rings (SSSR count). The van der Waals surface area contributed by atoms with E-state index in [1.54, 1.807) is 24.0 Å². The van der Waals surface area contributed by atoms with Gasteiger partial charge in [-0.1, -0.05) is 13.8 Å². The molecule has 0 fully saturated rings. The molecule has 8 nitrogen and oxygen atoms in total. The van der Waals surface area contributed by atoms with Gasteiger partial charge in [0, 0.05) is 49.7 Å². The van der Waals surface area contributed by atoms with E-state index in [4.69, 9.17) is 0 Å². The first-order valence-corrected chi connectivity index (χ1v) is 14.5. The van der Waals surface area contributed by atoms with Gasteiger partial charge >= 0.3 is 0 Å². The van der Waals surface area contributed by atoms with Crippen LogP contribution in [0.1, 0.15) is 91.1 Å². The third-order valence-corrected chi connectivity index (χ3v) is 6.71. The lowest BCUT2D eigenvalue weighted by molar-refractivity contribution is -0.121. The number of nitrogens with one attached hydrogen (secondary N) is 2. The third kappa shape index (κ3) is 11.7. The Kier molecular flexibility index (Phi) is 14.3. The van der Waals surface area contributed by atoms with Gasteiger partial charge in [0.15, 0.2) is 0 Å². The van der Waals surface area contributed by atoms with Crippen LogP contribution in [0.25, 0.3) is 0 Å². The van der Waals surface area contributed by atoms with Gasteiger partial charge in [-0.15, -0.1) is 0 Å². The highest BCUT2D eigenvalue weighted by Crippen LogP contribution is 2.17. The Labute approximate surface area is 246 Å². The zero-order valence-corrected chi connectivity index (χ0v) is 25.0. The summed E-state index contributed by atoms with van der Waals surface area (Å²) in [6.07, 6.45) is 1.29. The van der Waals surface area contributed by atoms with Crippen LogP contribution in [-0.2, 0) is 16.0 Å². The number of amides is 3. The number of ketones is 1. The van der Waals surface area contributed by atoms with Crippen molar-refractivity contribution in [2.45, 2.75) is 84.8 Å². The second-order valence-corrected chi connectivity index (χ2v) is 10.7. The summed E-state index contributed by atoms with van der Waals surface area (Å²) < 4.78 is 27.8. The molecule has 42 heavy (non-hydrogen) atoms. The van der Waals surface area contributed by atoms with E-state index in [-0.39, 0.29) is 54.5 Å². The zero-order valence-electron chi connectivity index (χ0n) is 25.0. The van der Waals surface area contributed by atoms with Crippen LogP contribution in [0, 0.1) is 18.6 Å². The molecule has 2 aromatic carbocycles. The molecule has 0 aliphatic carbocycles. The molecule has 3 N–H and O–H groups in total. The lowest BCUT2D eigenvalue weighted by Gasteiger charge is -2.25. The third-order valence-electron chi connectivity index (χ3n) is 6.71. The van der Waals surface area contributed by atoms with E-state index in [2.05, 4.69) is 10.6 Å². The van der Waals surface area contributed by atoms with E-state index in [9.17, 15) is 33.1 Å². The van der Waals surface area contributed by atoms with Gasteiger partial charge in [0.25, 0.3) is 11.8 Å². The van der Waals surface area contributed by atoms with Crippen molar-refractivity contribution >= 4 is 23.5 Å². The first-order chi connectivity index (χ1) is 19.9. The number of benzene rings is 2. The molecule has 0 unspecified atom stereocenters. The molecule has 0 heterocycles. The van der Waals surface area contributed by atoms with Crippen LogP contribution in [0.2, 0.25) is 0 Å². The average molecular weight is 588 g/mol. The van der Waals surface area contributed by atoms with Crippen molar-refractivity contribution < 1.29 is 33.1 Å². The summed E-state index contributed by atoms with van der Waals surface area (Å²) in [4.78, 5) is 51.5. The Bertz CT molecular complexity index is 1210. The number of carbonyl (C=O) groups is 4. The number of aryl methyl sites for hydroxylation is 1. The molecule has 3 amide bonds. The Morgan fingerprint density at radius 3 is 2.12 bits per heavy atom.